The molecule has 0 aromatic heterocycles. The van der Waals surface area contributed by atoms with E-state index in [4.69, 9.17) is 9.47 Å². The smallest absolute Gasteiger partial charge is 0.162 e. The van der Waals surface area contributed by atoms with Gasteiger partial charge in [-0.05, 0) is 26.3 Å². The Labute approximate surface area is 97.6 Å². The fourth-order valence-corrected chi connectivity index (χ4v) is 2.33. The molecular weight excluding hydrogens is 200 g/mol. The molecule has 16 heavy (non-hydrogen) atoms. The zero-order chi connectivity index (χ0) is 11.6. The van der Waals surface area contributed by atoms with Gasteiger partial charge in [0.15, 0.2) is 6.29 Å². The van der Waals surface area contributed by atoms with Crippen molar-refractivity contribution >= 4 is 0 Å². The molecule has 1 fully saturated rings. The van der Waals surface area contributed by atoms with Crippen LogP contribution < -0.4 is 0 Å². The first-order valence-corrected chi connectivity index (χ1v) is 5.92. The Hall–Kier alpha value is -0.860. The van der Waals surface area contributed by atoms with Gasteiger partial charge in [0.2, 0.25) is 0 Å². The van der Waals surface area contributed by atoms with E-state index in [0.717, 1.165) is 12.8 Å². The Morgan fingerprint density at radius 1 is 1.25 bits per heavy atom. The molecule has 0 aliphatic carbocycles. The lowest BCUT2D eigenvalue weighted by Crippen LogP contribution is -2.43. The summed E-state index contributed by atoms with van der Waals surface area (Å²) in [4.78, 5) is 0. The Kier molecular flexibility index (Phi) is 3.31. The highest BCUT2D eigenvalue weighted by Gasteiger charge is 2.33. The molecule has 0 unspecified atom stereocenters. The molecule has 1 aliphatic rings. The SMILES string of the molecule is C[C@H]1CC(C)(C)O[C@@H](Cc2ccccc2)O1. The van der Waals surface area contributed by atoms with Crippen molar-refractivity contribution in [3.63, 3.8) is 0 Å². The van der Waals surface area contributed by atoms with Crippen molar-refractivity contribution < 1.29 is 9.47 Å². The minimum atomic E-state index is -0.110. The van der Waals surface area contributed by atoms with Gasteiger partial charge in [0, 0.05) is 12.8 Å². The van der Waals surface area contributed by atoms with Gasteiger partial charge in [0.05, 0.1) is 11.7 Å². The van der Waals surface area contributed by atoms with E-state index >= 15 is 0 Å². The molecule has 0 saturated carbocycles. The second-order valence-electron chi connectivity index (χ2n) is 5.15. The van der Waals surface area contributed by atoms with Gasteiger partial charge in [-0.15, -0.1) is 0 Å². The van der Waals surface area contributed by atoms with E-state index in [-0.39, 0.29) is 18.0 Å². The van der Waals surface area contributed by atoms with Gasteiger partial charge in [-0.3, -0.25) is 0 Å². The molecule has 1 aromatic rings. The van der Waals surface area contributed by atoms with Gasteiger partial charge in [-0.25, -0.2) is 0 Å². The van der Waals surface area contributed by atoms with E-state index in [1.165, 1.54) is 5.56 Å². The molecule has 0 N–H and O–H groups in total. The molecule has 2 nitrogen and oxygen atoms in total. The van der Waals surface area contributed by atoms with Crippen LogP contribution in [-0.2, 0) is 15.9 Å². The number of rotatable bonds is 2. The number of hydrogen-bond acceptors (Lipinski definition) is 2. The summed E-state index contributed by atoms with van der Waals surface area (Å²) in [7, 11) is 0. The molecule has 1 aromatic carbocycles. The fourth-order valence-electron chi connectivity index (χ4n) is 2.33. The van der Waals surface area contributed by atoms with Crippen molar-refractivity contribution in [1.82, 2.24) is 0 Å². The summed E-state index contributed by atoms with van der Waals surface area (Å²) in [6.45, 7) is 6.37. The van der Waals surface area contributed by atoms with Crippen LogP contribution in [0.1, 0.15) is 32.8 Å². The van der Waals surface area contributed by atoms with Gasteiger partial charge in [-0.2, -0.15) is 0 Å². The Morgan fingerprint density at radius 2 is 1.94 bits per heavy atom. The van der Waals surface area contributed by atoms with Gasteiger partial charge >= 0.3 is 0 Å². The molecule has 0 spiro atoms. The normalized spacial score (nSPS) is 28.9. The summed E-state index contributed by atoms with van der Waals surface area (Å²) < 4.78 is 11.7. The maximum absolute atomic E-state index is 5.93. The number of hydrogen-bond donors (Lipinski definition) is 0. The minimum Gasteiger partial charge on any atom is -0.349 e. The van der Waals surface area contributed by atoms with Crippen molar-refractivity contribution in [2.24, 2.45) is 0 Å². The molecule has 1 heterocycles. The molecule has 2 atom stereocenters. The summed E-state index contributed by atoms with van der Waals surface area (Å²) >= 11 is 0. The van der Waals surface area contributed by atoms with Crippen LogP contribution in [0.15, 0.2) is 30.3 Å². The van der Waals surface area contributed by atoms with E-state index in [1.54, 1.807) is 0 Å². The van der Waals surface area contributed by atoms with Crippen LogP contribution in [0.3, 0.4) is 0 Å². The van der Waals surface area contributed by atoms with Crippen molar-refractivity contribution in [1.29, 1.82) is 0 Å². The van der Waals surface area contributed by atoms with Gasteiger partial charge in [0.25, 0.3) is 0 Å². The second kappa shape index (κ2) is 4.56. The van der Waals surface area contributed by atoms with Crippen LogP contribution in [0, 0.1) is 0 Å². The molecule has 0 bridgehead atoms. The first-order chi connectivity index (χ1) is 7.55. The van der Waals surface area contributed by atoms with Crippen LogP contribution in [0.2, 0.25) is 0 Å². The van der Waals surface area contributed by atoms with E-state index in [0.29, 0.717) is 0 Å². The molecule has 88 valence electrons. The zero-order valence-electron chi connectivity index (χ0n) is 10.3. The summed E-state index contributed by atoms with van der Waals surface area (Å²) in [6, 6.07) is 10.3. The van der Waals surface area contributed by atoms with Crippen LogP contribution in [0.4, 0.5) is 0 Å². The van der Waals surface area contributed by atoms with Crippen LogP contribution in [0.25, 0.3) is 0 Å². The highest BCUT2D eigenvalue weighted by Crippen LogP contribution is 2.28. The van der Waals surface area contributed by atoms with E-state index in [9.17, 15) is 0 Å². The molecule has 1 saturated heterocycles. The average molecular weight is 220 g/mol. The average Bonchev–Trinajstić information content (AvgIpc) is 2.15. The molecule has 1 aliphatic heterocycles. The zero-order valence-corrected chi connectivity index (χ0v) is 10.3. The fraction of sp³-hybridized carbons (Fsp3) is 0.571. The van der Waals surface area contributed by atoms with E-state index < -0.39 is 0 Å². The predicted molar refractivity (Wildman–Crippen MR) is 64.3 cm³/mol. The van der Waals surface area contributed by atoms with E-state index in [1.807, 2.05) is 18.2 Å². The lowest BCUT2D eigenvalue weighted by molar-refractivity contribution is -0.267. The Morgan fingerprint density at radius 3 is 2.56 bits per heavy atom. The monoisotopic (exact) mass is 220 g/mol. The number of benzene rings is 1. The number of ether oxygens (including phenoxy) is 2. The Bertz CT molecular complexity index is 332. The second-order valence-corrected chi connectivity index (χ2v) is 5.15. The lowest BCUT2D eigenvalue weighted by atomic mass is 9.99. The third-order valence-corrected chi connectivity index (χ3v) is 2.86. The summed E-state index contributed by atoms with van der Waals surface area (Å²) in [6.07, 6.45) is 1.95. The van der Waals surface area contributed by atoms with Gasteiger partial charge in [-0.1, -0.05) is 30.3 Å². The third kappa shape index (κ3) is 3.06. The highest BCUT2D eigenvalue weighted by atomic mass is 16.7. The van der Waals surface area contributed by atoms with Gasteiger partial charge < -0.3 is 9.47 Å². The summed E-state index contributed by atoms with van der Waals surface area (Å²) in [5.41, 5.74) is 1.19. The third-order valence-electron chi connectivity index (χ3n) is 2.86. The van der Waals surface area contributed by atoms with E-state index in [2.05, 4.69) is 32.9 Å². The summed E-state index contributed by atoms with van der Waals surface area (Å²) in [5, 5.41) is 0. The molecule has 0 amide bonds. The molecule has 2 rings (SSSR count). The van der Waals surface area contributed by atoms with Crippen molar-refractivity contribution in [2.45, 2.75) is 51.6 Å². The molecule has 2 heteroatoms. The topological polar surface area (TPSA) is 18.5 Å². The van der Waals surface area contributed by atoms with Crippen molar-refractivity contribution in [2.75, 3.05) is 0 Å². The van der Waals surface area contributed by atoms with Crippen LogP contribution in [-0.4, -0.2) is 18.0 Å². The molecule has 0 radical (unpaired) electrons. The van der Waals surface area contributed by atoms with Crippen LogP contribution in [0.5, 0.6) is 0 Å². The predicted octanol–water partition coefficient (Wildman–Crippen LogP) is 3.16. The van der Waals surface area contributed by atoms with Crippen molar-refractivity contribution in [3.05, 3.63) is 35.9 Å². The standard InChI is InChI=1S/C14H20O2/c1-11-10-14(2,3)16-13(15-11)9-12-7-5-4-6-8-12/h4-8,11,13H,9-10H2,1-3H3/t11-,13-/m0/s1. The molecular formula is C14H20O2. The first kappa shape index (κ1) is 11.6. The van der Waals surface area contributed by atoms with Gasteiger partial charge in [0.1, 0.15) is 0 Å². The lowest BCUT2D eigenvalue weighted by Gasteiger charge is -2.39. The summed E-state index contributed by atoms with van der Waals surface area (Å²) in [5.74, 6) is 0. The minimum absolute atomic E-state index is 0.0723. The maximum atomic E-state index is 5.93. The first-order valence-electron chi connectivity index (χ1n) is 5.92. The quantitative estimate of drug-likeness (QED) is 0.762. The van der Waals surface area contributed by atoms with Crippen molar-refractivity contribution in [3.8, 4) is 0 Å². The highest BCUT2D eigenvalue weighted by molar-refractivity contribution is 5.15. The van der Waals surface area contributed by atoms with Crippen LogP contribution >= 0.6 is 0 Å². The Balaban J connectivity index is 2.00. The maximum Gasteiger partial charge on any atom is 0.162 e. The largest absolute Gasteiger partial charge is 0.349 e.